The van der Waals surface area contributed by atoms with Crippen LogP contribution in [0, 0.1) is 26.2 Å². The third-order valence-electron chi connectivity index (χ3n) is 8.08. The average molecular weight is 544 g/mol. The van der Waals surface area contributed by atoms with Crippen LogP contribution in [0.5, 0.6) is 0 Å². The second-order valence-corrected chi connectivity index (χ2v) is 10.9. The van der Waals surface area contributed by atoms with Crippen LogP contribution >= 0.6 is 0 Å². The Morgan fingerprint density at radius 1 is 0.857 bits per heavy atom. The van der Waals surface area contributed by atoms with Crippen molar-refractivity contribution in [2.24, 2.45) is 4.99 Å². The van der Waals surface area contributed by atoms with E-state index in [-0.39, 0.29) is 0 Å². The molecule has 1 aliphatic carbocycles. The summed E-state index contributed by atoms with van der Waals surface area (Å²) in [6, 6.07) is 31.5. The lowest BCUT2D eigenvalue weighted by molar-refractivity contribution is 1.03. The smallest absolute Gasteiger partial charge is 0.0712 e. The van der Waals surface area contributed by atoms with Gasteiger partial charge in [-0.2, -0.15) is 0 Å². The predicted octanol–water partition coefficient (Wildman–Crippen LogP) is 10.6. The van der Waals surface area contributed by atoms with Crippen LogP contribution in [0.25, 0.3) is 28.0 Å². The maximum absolute atomic E-state index is 6.23. The van der Waals surface area contributed by atoms with E-state index in [0.29, 0.717) is 5.70 Å². The second kappa shape index (κ2) is 12.7. The molecule has 0 radical (unpaired) electrons. The van der Waals surface area contributed by atoms with Crippen molar-refractivity contribution in [3.05, 3.63) is 160 Å². The number of rotatable bonds is 7. The Balaban J connectivity index is 1.77. The third-order valence-corrected chi connectivity index (χ3v) is 8.08. The number of hydrogen-bond acceptors (Lipinski definition) is 1. The van der Waals surface area contributed by atoms with Gasteiger partial charge in [-0.05, 0) is 103 Å². The van der Waals surface area contributed by atoms with E-state index < -0.39 is 0 Å². The fourth-order valence-corrected chi connectivity index (χ4v) is 5.79. The van der Waals surface area contributed by atoms with E-state index in [9.17, 15) is 0 Å². The minimum Gasteiger partial charge on any atom is -0.248 e. The molecule has 0 spiro atoms. The van der Waals surface area contributed by atoms with Crippen LogP contribution in [-0.4, -0.2) is 5.71 Å². The normalized spacial score (nSPS) is 13.7. The summed E-state index contributed by atoms with van der Waals surface area (Å²) in [6.45, 7) is 13.2. The van der Waals surface area contributed by atoms with Gasteiger partial charge in [0.1, 0.15) is 0 Å². The molecule has 0 heterocycles. The van der Waals surface area contributed by atoms with Crippen molar-refractivity contribution >= 4 is 22.6 Å². The zero-order chi connectivity index (χ0) is 29.6. The Bertz CT molecular complexity index is 1800. The van der Waals surface area contributed by atoms with E-state index in [2.05, 4.69) is 125 Å². The highest BCUT2D eigenvalue weighted by Crippen LogP contribution is 2.41. The molecule has 0 bridgehead atoms. The van der Waals surface area contributed by atoms with Crippen LogP contribution in [0.15, 0.2) is 126 Å². The molecule has 206 valence electrons. The van der Waals surface area contributed by atoms with Gasteiger partial charge in [0.25, 0.3) is 0 Å². The summed E-state index contributed by atoms with van der Waals surface area (Å²) < 4.78 is 0. The minimum atomic E-state index is 0.710. The third kappa shape index (κ3) is 5.90. The van der Waals surface area contributed by atoms with Gasteiger partial charge in [0, 0.05) is 16.7 Å². The van der Waals surface area contributed by atoms with Crippen LogP contribution in [0.3, 0.4) is 0 Å². The first kappa shape index (κ1) is 28.6. The molecule has 0 amide bonds. The lowest BCUT2D eigenvalue weighted by atomic mass is 9.81. The Labute approximate surface area is 251 Å². The van der Waals surface area contributed by atoms with E-state index in [1.54, 1.807) is 0 Å². The lowest BCUT2D eigenvalue weighted by Crippen LogP contribution is -2.05. The van der Waals surface area contributed by atoms with Crippen molar-refractivity contribution < 1.29 is 0 Å². The van der Waals surface area contributed by atoms with Crippen molar-refractivity contribution in [2.75, 3.05) is 0 Å². The summed E-state index contributed by atoms with van der Waals surface area (Å²) in [5, 5.41) is 0. The maximum atomic E-state index is 6.23. The Hall–Kier alpha value is -4.93. The Kier molecular flexibility index (Phi) is 8.66. The Morgan fingerprint density at radius 2 is 1.50 bits per heavy atom. The summed E-state index contributed by atoms with van der Waals surface area (Å²) in [5.41, 5.74) is 15.1. The topological polar surface area (TPSA) is 12.4 Å². The largest absolute Gasteiger partial charge is 0.248 e. The van der Waals surface area contributed by atoms with Crippen LogP contribution in [-0.2, 0) is 0 Å². The molecule has 5 rings (SSSR count). The zero-order valence-electron chi connectivity index (χ0n) is 25.0. The number of allylic oxidation sites excluding steroid dienone is 6. The summed E-state index contributed by atoms with van der Waals surface area (Å²) in [7, 11) is 0. The molecule has 0 atom stereocenters. The van der Waals surface area contributed by atoms with Gasteiger partial charge in [0.05, 0.1) is 11.4 Å². The van der Waals surface area contributed by atoms with Crippen molar-refractivity contribution in [1.82, 2.24) is 0 Å². The van der Waals surface area contributed by atoms with Gasteiger partial charge < -0.3 is 0 Å². The molecule has 42 heavy (non-hydrogen) atoms. The monoisotopic (exact) mass is 543 g/mol. The molecular weight excluding hydrogens is 506 g/mol. The molecule has 1 nitrogen and oxygen atoms in total. The number of nitrogens with zero attached hydrogens (tertiary/aromatic N) is 1. The second-order valence-electron chi connectivity index (χ2n) is 10.9. The van der Waals surface area contributed by atoms with Gasteiger partial charge in [-0.15, -0.1) is 6.42 Å². The number of hydrogen-bond donors (Lipinski definition) is 0. The van der Waals surface area contributed by atoms with Gasteiger partial charge in [-0.3, -0.25) is 0 Å². The number of aryl methyl sites for hydroxylation is 1. The van der Waals surface area contributed by atoms with E-state index in [1.165, 1.54) is 16.7 Å². The Morgan fingerprint density at radius 3 is 2.14 bits per heavy atom. The predicted molar refractivity (Wildman–Crippen MR) is 182 cm³/mol. The number of benzene rings is 4. The van der Waals surface area contributed by atoms with Crippen LogP contribution < -0.4 is 0 Å². The molecule has 0 aromatic heterocycles. The zero-order valence-corrected chi connectivity index (χ0v) is 25.0. The van der Waals surface area contributed by atoms with Crippen LogP contribution in [0.2, 0.25) is 0 Å². The molecule has 0 aliphatic heterocycles. The highest BCUT2D eigenvalue weighted by atomic mass is 14.8. The molecule has 0 N–H and O–H groups in total. The molecule has 4 aromatic carbocycles. The number of terminal acetylenes is 1. The minimum absolute atomic E-state index is 0.710. The van der Waals surface area contributed by atoms with Crippen LogP contribution in [0.4, 0.5) is 0 Å². The molecule has 0 saturated heterocycles. The first-order valence-corrected chi connectivity index (χ1v) is 14.5. The highest BCUT2D eigenvalue weighted by Gasteiger charge is 2.22. The SMILES string of the molecule is C#Cc1c(C2=C(C)C=CCC2)cc(C(=C)/N=C(\C=C(/C)c2ccccc2)c2ccccc2)c(-c2ccccc2C)c1C. The van der Waals surface area contributed by atoms with Gasteiger partial charge >= 0.3 is 0 Å². The summed E-state index contributed by atoms with van der Waals surface area (Å²) in [5.74, 6) is 3.06. The van der Waals surface area contributed by atoms with Crippen molar-refractivity contribution in [1.29, 1.82) is 0 Å². The summed E-state index contributed by atoms with van der Waals surface area (Å²) in [4.78, 5) is 5.26. The van der Waals surface area contributed by atoms with Gasteiger partial charge in [0.15, 0.2) is 0 Å². The van der Waals surface area contributed by atoms with E-state index >= 15 is 0 Å². The van der Waals surface area contributed by atoms with Crippen molar-refractivity contribution in [2.45, 2.75) is 40.5 Å². The number of aliphatic imine (C=N–C) groups is 1. The van der Waals surface area contributed by atoms with Crippen LogP contribution in [0.1, 0.15) is 65.6 Å². The molecule has 0 unspecified atom stereocenters. The molecule has 0 fully saturated rings. The standard InChI is InChI=1S/C41H37N/c1-7-35-31(5)41(37-25-17-15-19-29(37)3)38(27-39(35)36-24-16-14-18-28(36)2)32(6)42-40(34-22-12-9-13-23-34)26-30(4)33-20-10-8-11-21-33/h1,8-15,17-23,25-27H,6,16,24H2,2-5H3/b30-26+,42-40+. The highest BCUT2D eigenvalue weighted by molar-refractivity contribution is 6.14. The quantitative estimate of drug-likeness (QED) is 0.162. The molecule has 0 saturated carbocycles. The van der Waals surface area contributed by atoms with Crippen molar-refractivity contribution in [3.63, 3.8) is 0 Å². The van der Waals surface area contributed by atoms with Gasteiger partial charge in [0.2, 0.25) is 0 Å². The molecular formula is C41H37N. The maximum Gasteiger partial charge on any atom is 0.0712 e. The van der Waals surface area contributed by atoms with Gasteiger partial charge in [-0.25, -0.2) is 4.99 Å². The first-order valence-electron chi connectivity index (χ1n) is 14.5. The van der Waals surface area contributed by atoms with E-state index in [0.717, 1.165) is 68.6 Å². The fraction of sp³-hybridized carbons (Fsp3) is 0.146. The van der Waals surface area contributed by atoms with Crippen molar-refractivity contribution in [3.8, 4) is 23.5 Å². The van der Waals surface area contributed by atoms with E-state index in [4.69, 9.17) is 11.4 Å². The summed E-state index contributed by atoms with van der Waals surface area (Å²) in [6.07, 6.45) is 14.8. The lowest BCUT2D eigenvalue weighted by Gasteiger charge is -2.23. The van der Waals surface area contributed by atoms with E-state index in [1.807, 2.05) is 24.3 Å². The molecule has 1 heteroatoms. The molecule has 1 aliphatic rings. The average Bonchev–Trinajstić information content (AvgIpc) is 3.02. The molecule has 4 aromatic rings. The summed E-state index contributed by atoms with van der Waals surface area (Å²) >= 11 is 0. The fourth-order valence-electron chi connectivity index (χ4n) is 5.79. The van der Waals surface area contributed by atoms with Gasteiger partial charge in [-0.1, -0.05) is 110 Å². The first-order chi connectivity index (χ1) is 20.4.